The maximum atomic E-state index is 12.0. The van der Waals surface area contributed by atoms with E-state index in [0.717, 1.165) is 5.56 Å². The normalized spacial score (nSPS) is 10.2. The molecule has 6 heteroatoms. The monoisotopic (exact) mass is 330 g/mol. The number of carbonyl (C=O) groups is 1. The van der Waals surface area contributed by atoms with Gasteiger partial charge in [0, 0.05) is 25.0 Å². The summed E-state index contributed by atoms with van der Waals surface area (Å²) in [5.41, 5.74) is 0.828. The Kier molecular flexibility index (Phi) is 6.42. The van der Waals surface area contributed by atoms with Crippen LogP contribution < -0.4 is 20.2 Å². The molecule has 0 saturated carbocycles. The number of aromatic nitrogens is 1. The largest absolute Gasteiger partial charge is 0.490 e. The standard InChI is InChI=1S/C18H22N2O4/c1-3-23-16-6-5-13(11-17(16)24-4-2)7-10-20-18(22)14-12-19-9-8-15(14)21/h5-6,8-9,11-12H,3-4,7,10H2,1-2H3,(H,19,21)(H,20,22). The quantitative estimate of drug-likeness (QED) is 0.777. The molecule has 0 aliphatic carbocycles. The lowest BCUT2D eigenvalue weighted by Gasteiger charge is -2.12. The van der Waals surface area contributed by atoms with Gasteiger partial charge in [0.25, 0.3) is 5.91 Å². The van der Waals surface area contributed by atoms with Crippen molar-refractivity contribution in [3.8, 4) is 11.5 Å². The summed E-state index contributed by atoms with van der Waals surface area (Å²) in [7, 11) is 0. The molecule has 0 radical (unpaired) electrons. The zero-order valence-electron chi connectivity index (χ0n) is 13.9. The average Bonchev–Trinajstić information content (AvgIpc) is 2.58. The van der Waals surface area contributed by atoms with E-state index >= 15 is 0 Å². The highest BCUT2D eigenvalue weighted by Gasteiger charge is 2.10. The second-order valence-corrected chi connectivity index (χ2v) is 5.08. The second kappa shape index (κ2) is 8.76. The van der Waals surface area contributed by atoms with E-state index in [1.165, 1.54) is 18.5 Å². The minimum atomic E-state index is -0.382. The van der Waals surface area contributed by atoms with Crippen LogP contribution in [0.15, 0.2) is 41.5 Å². The first kappa shape index (κ1) is 17.6. The molecule has 1 aromatic heterocycles. The summed E-state index contributed by atoms with van der Waals surface area (Å²) in [4.78, 5) is 26.3. The summed E-state index contributed by atoms with van der Waals surface area (Å²) in [5, 5.41) is 2.75. The lowest BCUT2D eigenvalue weighted by Crippen LogP contribution is -2.30. The summed E-state index contributed by atoms with van der Waals surface area (Å²) in [6, 6.07) is 7.05. The van der Waals surface area contributed by atoms with Gasteiger partial charge in [0.15, 0.2) is 16.9 Å². The van der Waals surface area contributed by atoms with Crippen LogP contribution in [0, 0.1) is 0 Å². The minimum absolute atomic E-state index is 0.110. The summed E-state index contributed by atoms with van der Waals surface area (Å²) in [5.74, 6) is 1.03. The van der Waals surface area contributed by atoms with Crippen molar-refractivity contribution in [2.75, 3.05) is 19.8 Å². The molecule has 2 aromatic rings. The maximum Gasteiger partial charge on any atom is 0.256 e. The van der Waals surface area contributed by atoms with E-state index in [-0.39, 0.29) is 16.9 Å². The predicted molar refractivity (Wildman–Crippen MR) is 91.9 cm³/mol. The van der Waals surface area contributed by atoms with Crippen LogP contribution in [-0.4, -0.2) is 30.6 Å². The van der Waals surface area contributed by atoms with Crippen molar-refractivity contribution >= 4 is 5.91 Å². The van der Waals surface area contributed by atoms with Crippen LogP contribution in [0.2, 0.25) is 0 Å². The molecule has 0 bridgehead atoms. The van der Waals surface area contributed by atoms with E-state index < -0.39 is 0 Å². The molecular weight excluding hydrogens is 308 g/mol. The minimum Gasteiger partial charge on any atom is -0.490 e. The number of aromatic amines is 1. The highest BCUT2D eigenvalue weighted by atomic mass is 16.5. The van der Waals surface area contributed by atoms with Gasteiger partial charge >= 0.3 is 0 Å². The van der Waals surface area contributed by atoms with Gasteiger partial charge in [0.2, 0.25) is 0 Å². The van der Waals surface area contributed by atoms with Crippen molar-refractivity contribution in [1.29, 1.82) is 0 Å². The molecule has 1 amide bonds. The van der Waals surface area contributed by atoms with E-state index in [2.05, 4.69) is 10.3 Å². The summed E-state index contributed by atoms with van der Waals surface area (Å²) < 4.78 is 11.1. The fourth-order valence-electron chi connectivity index (χ4n) is 2.26. The zero-order valence-corrected chi connectivity index (χ0v) is 13.9. The first-order valence-electron chi connectivity index (χ1n) is 7.99. The van der Waals surface area contributed by atoms with Crippen LogP contribution in [0.1, 0.15) is 29.8 Å². The Morgan fingerprint density at radius 3 is 2.58 bits per heavy atom. The third kappa shape index (κ3) is 4.62. The number of pyridine rings is 1. The number of carbonyl (C=O) groups excluding carboxylic acids is 1. The molecule has 0 unspecified atom stereocenters. The lowest BCUT2D eigenvalue weighted by molar-refractivity contribution is 0.0952. The van der Waals surface area contributed by atoms with E-state index in [4.69, 9.17) is 9.47 Å². The van der Waals surface area contributed by atoms with Gasteiger partial charge in [-0.25, -0.2) is 0 Å². The SMILES string of the molecule is CCOc1ccc(CCNC(=O)c2c[nH]ccc2=O)cc1OCC. The van der Waals surface area contributed by atoms with Crippen LogP contribution in [0.5, 0.6) is 11.5 Å². The Bertz CT molecular complexity index is 740. The summed E-state index contributed by atoms with van der Waals surface area (Å²) in [6.07, 6.45) is 3.53. The van der Waals surface area contributed by atoms with E-state index in [1.807, 2.05) is 32.0 Å². The average molecular weight is 330 g/mol. The number of hydrogen-bond donors (Lipinski definition) is 2. The first-order chi connectivity index (χ1) is 11.7. The Hall–Kier alpha value is -2.76. The Morgan fingerprint density at radius 1 is 1.12 bits per heavy atom. The summed E-state index contributed by atoms with van der Waals surface area (Å²) >= 11 is 0. The van der Waals surface area contributed by atoms with Crippen LogP contribution in [0.3, 0.4) is 0 Å². The number of ether oxygens (including phenoxy) is 2. The first-order valence-corrected chi connectivity index (χ1v) is 7.99. The lowest BCUT2D eigenvalue weighted by atomic mass is 10.1. The van der Waals surface area contributed by atoms with Crippen LogP contribution in [-0.2, 0) is 6.42 Å². The number of hydrogen-bond acceptors (Lipinski definition) is 4. The van der Waals surface area contributed by atoms with Gasteiger partial charge in [-0.15, -0.1) is 0 Å². The molecular formula is C18H22N2O4. The van der Waals surface area contributed by atoms with Gasteiger partial charge in [0.1, 0.15) is 5.56 Å². The molecule has 1 heterocycles. The number of rotatable bonds is 8. The molecule has 0 aliphatic rings. The maximum absolute atomic E-state index is 12.0. The van der Waals surface area contributed by atoms with E-state index in [0.29, 0.717) is 37.7 Å². The van der Waals surface area contributed by atoms with Crippen molar-refractivity contribution in [3.05, 3.63) is 58.0 Å². The topological polar surface area (TPSA) is 80.4 Å². The van der Waals surface area contributed by atoms with Crippen LogP contribution in [0.25, 0.3) is 0 Å². The highest BCUT2D eigenvalue weighted by Crippen LogP contribution is 2.28. The smallest absolute Gasteiger partial charge is 0.256 e. The van der Waals surface area contributed by atoms with Gasteiger partial charge in [0.05, 0.1) is 13.2 Å². The Labute approximate surface area is 140 Å². The zero-order chi connectivity index (χ0) is 17.4. The number of benzene rings is 1. The van der Waals surface area contributed by atoms with Crippen molar-refractivity contribution in [1.82, 2.24) is 10.3 Å². The number of nitrogens with one attached hydrogen (secondary N) is 2. The molecule has 2 rings (SSSR count). The second-order valence-electron chi connectivity index (χ2n) is 5.08. The van der Waals surface area contributed by atoms with Crippen LogP contribution >= 0.6 is 0 Å². The van der Waals surface area contributed by atoms with Gasteiger partial charge in [-0.2, -0.15) is 0 Å². The molecule has 0 spiro atoms. The van der Waals surface area contributed by atoms with Crippen molar-refractivity contribution in [2.24, 2.45) is 0 Å². The van der Waals surface area contributed by atoms with Crippen molar-refractivity contribution in [2.45, 2.75) is 20.3 Å². The number of amides is 1. The van der Waals surface area contributed by atoms with Crippen molar-refractivity contribution < 1.29 is 14.3 Å². The Morgan fingerprint density at radius 2 is 1.88 bits per heavy atom. The fourth-order valence-corrected chi connectivity index (χ4v) is 2.26. The molecule has 0 fully saturated rings. The predicted octanol–water partition coefficient (Wildman–Crippen LogP) is 2.14. The van der Waals surface area contributed by atoms with Gasteiger partial charge in [-0.05, 0) is 38.0 Å². The Balaban J connectivity index is 1.97. The van der Waals surface area contributed by atoms with E-state index in [1.54, 1.807) is 0 Å². The van der Waals surface area contributed by atoms with E-state index in [9.17, 15) is 9.59 Å². The number of H-pyrrole nitrogens is 1. The third-order valence-electron chi connectivity index (χ3n) is 3.38. The molecule has 0 saturated heterocycles. The molecule has 128 valence electrons. The fraction of sp³-hybridized carbons (Fsp3) is 0.333. The van der Waals surface area contributed by atoms with Gasteiger partial charge < -0.3 is 19.8 Å². The molecule has 6 nitrogen and oxygen atoms in total. The molecule has 0 aliphatic heterocycles. The highest BCUT2D eigenvalue weighted by molar-refractivity contribution is 5.93. The third-order valence-corrected chi connectivity index (χ3v) is 3.38. The van der Waals surface area contributed by atoms with Gasteiger partial charge in [-0.3, -0.25) is 9.59 Å². The molecule has 1 aromatic carbocycles. The summed E-state index contributed by atoms with van der Waals surface area (Å²) in [6.45, 7) is 5.38. The molecule has 0 atom stereocenters. The molecule has 24 heavy (non-hydrogen) atoms. The van der Waals surface area contributed by atoms with Crippen molar-refractivity contribution in [3.63, 3.8) is 0 Å². The van der Waals surface area contributed by atoms with Crippen LogP contribution in [0.4, 0.5) is 0 Å². The van der Waals surface area contributed by atoms with Gasteiger partial charge in [-0.1, -0.05) is 6.07 Å². The molecule has 2 N–H and O–H groups in total.